The summed E-state index contributed by atoms with van der Waals surface area (Å²) in [5, 5.41) is 2.71. The predicted molar refractivity (Wildman–Crippen MR) is 124 cm³/mol. The summed E-state index contributed by atoms with van der Waals surface area (Å²) in [7, 11) is 0. The van der Waals surface area contributed by atoms with Gasteiger partial charge < -0.3 is 10.3 Å². The summed E-state index contributed by atoms with van der Waals surface area (Å²) in [5.41, 5.74) is 1.23. The zero-order valence-corrected chi connectivity index (χ0v) is 18.6. The van der Waals surface area contributed by atoms with Crippen LogP contribution >= 0.6 is 0 Å². The van der Waals surface area contributed by atoms with Gasteiger partial charge in [0, 0.05) is 30.6 Å². The molecule has 0 unspecified atom stereocenters. The van der Waals surface area contributed by atoms with Crippen molar-refractivity contribution in [3.8, 4) is 0 Å². The van der Waals surface area contributed by atoms with Crippen LogP contribution in [0.2, 0.25) is 0 Å². The monoisotopic (exact) mass is 449 g/mol. The fourth-order valence-electron chi connectivity index (χ4n) is 3.77. The van der Waals surface area contributed by atoms with Crippen LogP contribution in [0.25, 0.3) is 11.2 Å². The fraction of sp³-hybridized carbons (Fsp3) is 0.250. The highest BCUT2D eigenvalue weighted by Gasteiger charge is 2.20. The third-order valence-electron chi connectivity index (χ3n) is 5.31. The summed E-state index contributed by atoms with van der Waals surface area (Å²) in [6, 6.07) is 13.1. The van der Waals surface area contributed by atoms with Crippen LogP contribution in [0.5, 0.6) is 0 Å². The zero-order valence-electron chi connectivity index (χ0n) is 18.6. The first kappa shape index (κ1) is 22.2. The molecule has 170 valence electrons. The van der Waals surface area contributed by atoms with Crippen LogP contribution in [-0.2, 0) is 17.8 Å². The van der Waals surface area contributed by atoms with Gasteiger partial charge in [-0.1, -0.05) is 30.3 Å². The SMILES string of the molecule is CC(=O)Nc1ccc(Cc2nc3c([nH]2)c(=O)n(Cc2ccccc2F)c(=O)n3C(C)C)cc1. The van der Waals surface area contributed by atoms with Crippen molar-refractivity contribution in [2.24, 2.45) is 0 Å². The summed E-state index contributed by atoms with van der Waals surface area (Å²) in [4.78, 5) is 45.1. The molecule has 0 saturated heterocycles. The van der Waals surface area contributed by atoms with Crippen molar-refractivity contribution in [1.29, 1.82) is 0 Å². The van der Waals surface area contributed by atoms with Crippen molar-refractivity contribution >= 4 is 22.8 Å². The Hall–Kier alpha value is -4.01. The molecule has 33 heavy (non-hydrogen) atoms. The lowest BCUT2D eigenvalue weighted by molar-refractivity contribution is -0.114. The number of amides is 1. The van der Waals surface area contributed by atoms with Gasteiger partial charge in [0.1, 0.15) is 17.2 Å². The lowest BCUT2D eigenvalue weighted by Crippen LogP contribution is -2.41. The molecule has 0 fully saturated rings. The Morgan fingerprint density at radius 2 is 1.82 bits per heavy atom. The maximum Gasteiger partial charge on any atom is 0.333 e. The fourth-order valence-corrected chi connectivity index (χ4v) is 3.77. The molecule has 2 N–H and O–H groups in total. The van der Waals surface area contributed by atoms with Crippen LogP contribution in [0.4, 0.5) is 10.1 Å². The van der Waals surface area contributed by atoms with E-state index in [0.29, 0.717) is 17.9 Å². The highest BCUT2D eigenvalue weighted by Crippen LogP contribution is 2.16. The largest absolute Gasteiger partial charge is 0.336 e. The lowest BCUT2D eigenvalue weighted by Gasteiger charge is -2.14. The Balaban J connectivity index is 1.76. The molecule has 0 aliphatic heterocycles. The summed E-state index contributed by atoms with van der Waals surface area (Å²) in [6.07, 6.45) is 0.397. The van der Waals surface area contributed by atoms with Crippen LogP contribution in [0.1, 0.15) is 43.8 Å². The quantitative estimate of drug-likeness (QED) is 0.472. The standard InChI is InChI=1S/C24H24FN5O3/c1-14(2)30-22-21(23(32)29(24(30)33)13-17-6-4-5-7-19(17)25)27-20(28-22)12-16-8-10-18(11-9-16)26-15(3)31/h4-11,14H,12-13H2,1-3H3,(H,26,31)(H,27,28). The molecule has 0 spiro atoms. The summed E-state index contributed by atoms with van der Waals surface area (Å²) in [5.74, 6) is -0.113. The second kappa shape index (κ2) is 8.85. The van der Waals surface area contributed by atoms with Crippen molar-refractivity contribution in [1.82, 2.24) is 19.1 Å². The Morgan fingerprint density at radius 3 is 2.45 bits per heavy atom. The second-order valence-corrected chi connectivity index (χ2v) is 8.17. The van der Waals surface area contributed by atoms with Gasteiger partial charge in [-0.05, 0) is 37.6 Å². The predicted octanol–water partition coefficient (Wildman–Crippen LogP) is 3.20. The number of H-pyrrole nitrogens is 1. The van der Waals surface area contributed by atoms with E-state index < -0.39 is 17.1 Å². The van der Waals surface area contributed by atoms with Gasteiger partial charge in [0.2, 0.25) is 5.91 Å². The van der Waals surface area contributed by atoms with Crippen LogP contribution in [0, 0.1) is 5.82 Å². The van der Waals surface area contributed by atoms with E-state index in [9.17, 15) is 18.8 Å². The van der Waals surface area contributed by atoms with E-state index in [2.05, 4.69) is 15.3 Å². The number of benzene rings is 2. The Morgan fingerprint density at radius 1 is 1.12 bits per heavy atom. The third kappa shape index (κ3) is 4.48. The van der Waals surface area contributed by atoms with Crippen LogP contribution < -0.4 is 16.6 Å². The summed E-state index contributed by atoms with van der Waals surface area (Å²) >= 11 is 0. The minimum atomic E-state index is -0.546. The lowest BCUT2D eigenvalue weighted by atomic mass is 10.1. The Labute approximate surface area is 188 Å². The van der Waals surface area contributed by atoms with Crippen LogP contribution in [0.15, 0.2) is 58.1 Å². The number of hydrogen-bond acceptors (Lipinski definition) is 4. The minimum Gasteiger partial charge on any atom is -0.336 e. The molecule has 9 heteroatoms. The highest BCUT2D eigenvalue weighted by atomic mass is 19.1. The maximum absolute atomic E-state index is 14.2. The molecule has 0 saturated carbocycles. The number of carbonyl (C=O) groups excluding carboxylic acids is 1. The van der Waals surface area contributed by atoms with Gasteiger partial charge >= 0.3 is 5.69 Å². The number of fused-ring (bicyclic) bond motifs is 1. The van der Waals surface area contributed by atoms with Gasteiger partial charge in [0.15, 0.2) is 5.65 Å². The molecule has 0 atom stereocenters. The molecule has 0 bridgehead atoms. The highest BCUT2D eigenvalue weighted by molar-refractivity contribution is 5.88. The number of nitrogens with zero attached hydrogens (tertiary/aromatic N) is 3. The number of carbonyl (C=O) groups is 1. The molecule has 4 rings (SSSR count). The number of aromatic nitrogens is 4. The zero-order chi connectivity index (χ0) is 23.7. The number of aromatic amines is 1. The number of anilines is 1. The van der Waals surface area contributed by atoms with E-state index in [4.69, 9.17) is 0 Å². The molecule has 2 aromatic carbocycles. The molecule has 0 radical (unpaired) electrons. The molecular formula is C24H24FN5O3. The molecule has 0 aliphatic carbocycles. The molecule has 2 heterocycles. The van der Waals surface area contributed by atoms with E-state index in [-0.39, 0.29) is 35.2 Å². The first-order valence-corrected chi connectivity index (χ1v) is 10.6. The molecule has 0 aliphatic rings. The normalized spacial score (nSPS) is 11.3. The van der Waals surface area contributed by atoms with E-state index in [0.717, 1.165) is 10.1 Å². The first-order chi connectivity index (χ1) is 15.7. The molecule has 4 aromatic rings. The average molecular weight is 449 g/mol. The topological polar surface area (TPSA) is 102 Å². The average Bonchev–Trinajstić information content (AvgIpc) is 3.16. The maximum atomic E-state index is 14.2. The van der Waals surface area contributed by atoms with Gasteiger partial charge in [-0.15, -0.1) is 0 Å². The summed E-state index contributed by atoms with van der Waals surface area (Å²) < 4.78 is 16.7. The Bertz CT molecular complexity index is 1450. The van der Waals surface area contributed by atoms with E-state index in [1.165, 1.54) is 17.6 Å². The van der Waals surface area contributed by atoms with Crippen molar-refractivity contribution in [3.63, 3.8) is 0 Å². The van der Waals surface area contributed by atoms with Crippen LogP contribution in [-0.4, -0.2) is 25.0 Å². The molecule has 8 nitrogen and oxygen atoms in total. The number of hydrogen-bond donors (Lipinski definition) is 2. The van der Waals surface area contributed by atoms with Crippen molar-refractivity contribution in [2.45, 2.75) is 39.8 Å². The minimum absolute atomic E-state index is 0.154. The smallest absolute Gasteiger partial charge is 0.333 e. The number of imidazole rings is 1. The van der Waals surface area contributed by atoms with Crippen molar-refractivity contribution in [2.75, 3.05) is 5.32 Å². The number of rotatable bonds is 6. The number of halogens is 1. The van der Waals surface area contributed by atoms with Gasteiger partial charge in [0.25, 0.3) is 5.56 Å². The molecular weight excluding hydrogens is 425 g/mol. The molecule has 2 aromatic heterocycles. The van der Waals surface area contributed by atoms with Crippen molar-refractivity contribution < 1.29 is 9.18 Å². The van der Waals surface area contributed by atoms with E-state index in [1.54, 1.807) is 30.3 Å². The first-order valence-electron chi connectivity index (χ1n) is 10.6. The summed E-state index contributed by atoms with van der Waals surface area (Å²) in [6.45, 7) is 4.92. The Kier molecular flexibility index (Phi) is 5.95. The molecule has 1 amide bonds. The number of nitrogens with one attached hydrogen (secondary N) is 2. The van der Waals surface area contributed by atoms with Gasteiger partial charge in [-0.3, -0.25) is 18.7 Å². The van der Waals surface area contributed by atoms with Gasteiger partial charge in [-0.25, -0.2) is 14.2 Å². The third-order valence-corrected chi connectivity index (χ3v) is 5.31. The van der Waals surface area contributed by atoms with E-state index in [1.807, 2.05) is 26.0 Å². The van der Waals surface area contributed by atoms with Gasteiger partial charge in [0.05, 0.1) is 6.54 Å². The van der Waals surface area contributed by atoms with Gasteiger partial charge in [-0.2, -0.15) is 0 Å². The van der Waals surface area contributed by atoms with Crippen molar-refractivity contribution in [3.05, 3.63) is 92.1 Å². The second-order valence-electron chi connectivity index (χ2n) is 8.17. The van der Waals surface area contributed by atoms with E-state index >= 15 is 0 Å². The van der Waals surface area contributed by atoms with Crippen LogP contribution in [0.3, 0.4) is 0 Å².